The number of primary amides is 1. The Labute approximate surface area is 826 Å². The highest BCUT2D eigenvalue weighted by molar-refractivity contribution is 6.02. The normalized spacial score (nSPS) is 15.7. The van der Waals surface area contributed by atoms with E-state index in [-0.39, 0.29) is 63.8 Å². The van der Waals surface area contributed by atoms with Gasteiger partial charge in [-0.3, -0.25) is 95.9 Å². The minimum absolute atomic E-state index is 0.00261. The van der Waals surface area contributed by atoms with E-state index in [0.717, 1.165) is 0 Å². The average Bonchev–Trinajstić information content (AvgIpc) is 1.71. The topological polar surface area (TPSA) is 626 Å². The maximum absolute atomic E-state index is 15.2. The molecule has 0 spiro atoms. The summed E-state index contributed by atoms with van der Waals surface area (Å²) >= 11 is 0. The van der Waals surface area contributed by atoms with Gasteiger partial charge < -0.3 is 114 Å². The van der Waals surface area contributed by atoms with Crippen molar-refractivity contribution in [3.05, 3.63) is 71.8 Å². The lowest BCUT2D eigenvalue weighted by Crippen LogP contribution is -2.60. The van der Waals surface area contributed by atoms with Gasteiger partial charge in [-0.15, -0.1) is 0 Å². The third kappa shape index (κ3) is 49.8. The molecule has 788 valence electrons. The molecule has 0 bridgehead atoms. The zero-order valence-corrected chi connectivity index (χ0v) is 86.4. The molecule has 1 heterocycles. The van der Waals surface area contributed by atoms with Gasteiger partial charge in [-0.25, -0.2) is 4.79 Å². The van der Waals surface area contributed by atoms with Crippen molar-refractivity contribution in [1.29, 1.82) is 0 Å². The molecule has 3 rings (SSSR count). The Kier molecular flexibility index (Phi) is 48.7. The number of amides is 15. The lowest BCUT2D eigenvalue weighted by atomic mass is 10.0. The predicted molar refractivity (Wildman–Crippen MR) is 516 cm³/mol. The summed E-state index contributed by atoms with van der Waals surface area (Å²) in [5.41, 5.74) is 6.60. The van der Waals surface area contributed by atoms with Crippen LogP contribution in [0.4, 0.5) is 0 Å². The number of nitrogens with one attached hydrogen (secondary N) is 13. The fourth-order valence-electron chi connectivity index (χ4n) is 14.1. The number of rotatable bonds is 52. The molecule has 1 aliphatic heterocycles. The van der Waals surface area contributed by atoms with E-state index in [0.29, 0.717) is 11.1 Å². The number of likely N-dealkylation sites (tertiary alicyclic amines) is 1. The molecule has 17 N–H and O–H groups in total. The molecule has 15 amide bonds. The standard InChI is InChI=1S/C98H154N16O27/c1-54(2)47-66(109-84(127)62(38-42-72(100)115)107-89(132)68(52-78(121)140-97(20,21)22)110-85(128)64(40-44-75(118)137-94(11,12)13)106-79(122)56(5)102-73(116)53-101-82(125)61(99)51-77(120)139-96(17,18)19)87(130)104-57(6)80(123)105-63(39-43-74(117)136-93(8,9)10)83(126)103-58(7)81(124)112-69(49-59-33-28-26-29-34-59)91(134)114-46-32-37-71(114)90(133)111-67(48-55(3)4)88(131)108-65(41-45-76(119)138-95(14,15)16)86(129)113-70(92(135)141-98(23,24)25)50-60-35-30-27-31-36-60/h26-31,33-36,54-58,61-71H,32,37-53,99H2,1-25H3,(H2,100,115)(H,101,125)(H,102,116)(H,103,126)(H,104,130)(H,105,123)(H,106,122)(H,107,132)(H,108,131)(H,109,127)(H,110,128)(H,111,133)(H,112,124)(H,113,129)/t56-,57-,58-,61-,62-,63-,64-,65-,66-,67-,68-,69-,70-,71-/m0/s1. The Balaban J connectivity index is 1.99. The van der Waals surface area contributed by atoms with Crippen molar-refractivity contribution in [3.63, 3.8) is 0 Å². The molecule has 0 aliphatic carbocycles. The third-order valence-electron chi connectivity index (χ3n) is 20.4. The smallest absolute Gasteiger partial charge is 0.329 e. The maximum atomic E-state index is 15.2. The van der Waals surface area contributed by atoms with E-state index in [1.807, 2.05) is 0 Å². The average molecular weight is 1990 g/mol. The van der Waals surface area contributed by atoms with Gasteiger partial charge in [0, 0.05) is 45.1 Å². The maximum Gasteiger partial charge on any atom is 0.329 e. The zero-order valence-electron chi connectivity index (χ0n) is 86.4. The molecule has 43 heteroatoms. The third-order valence-corrected chi connectivity index (χ3v) is 20.4. The van der Waals surface area contributed by atoms with Crippen LogP contribution >= 0.6 is 0 Å². The summed E-state index contributed by atoms with van der Waals surface area (Å²) in [6, 6.07) is -4.50. The summed E-state index contributed by atoms with van der Waals surface area (Å²) in [5.74, 6) is -20.6. The Hall–Kier alpha value is -12.7. The highest BCUT2D eigenvalue weighted by Crippen LogP contribution is 2.24. The van der Waals surface area contributed by atoms with Crippen molar-refractivity contribution in [1.82, 2.24) is 74.0 Å². The molecule has 0 radical (unpaired) electrons. The zero-order chi connectivity index (χ0) is 107. The molecule has 2 aromatic rings. The van der Waals surface area contributed by atoms with Crippen molar-refractivity contribution in [2.45, 2.75) is 394 Å². The van der Waals surface area contributed by atoms with Crippen LogP contribution in [0.5, 0.6) is 0 Å². The number of ether oxygens (including phenoxy) is 6. The van der Waals surface area contributed by atoms with Crippen LogP contribution in [0.3, 0.4) is 0 Å². The number of benzene rings is 2. The first-order chi connectivity index (χ1) is 65.0. The Morgan fingerprint density at radius 3 is 1.04 bits per heavy atom. The first kappa shape index (κ1) is 122. The van der Waals surface area contributed by atoms with Gasteiger partial charge in [0.2, 0.25) is 88.6 Å². The predicted octanol–water partition coefficient (Wildman–Crippen LogP) is 2.31. The van der Waals surface area contributed by atoms with Gasteiger partial charge >= 0.3 is 35.8 Å². The summed E-state index contributed by atoms with van der Waals surface area (Å²) < 4.78 is 32.9. The van der Waals surface area contributed by atoms with Gasteiger partial charge in [0.25, 0.3) is 0 Å². The van der Waals surface area contributed by atoms with Crippen molar-refractivity contribution < 1.29 is 129 Å². The van der Waals surface area contributed by atoms with E-state index in [9.17, 15) is 95.9 Å². The van der Waals surface area contributed by atoms with Crippen LogP contribution in [0.15, 0.2) is 60.7 Å². The van der Waals surface area contributed by atoms with Gasteiger partial charge in [0.1, 0.15) is 112 Å². The number of hydrogen-bond donors (Lipinski definition) is 15. The molecule has 43 nitrogen and oxygen atoms in total. The number of hydrogen-bond acceptors (Lipinski definition) is 28. The molecule has 1 fully saturated rings. The second-order valence-corrected chi connectivity index (χ2v) is 41.9. The number of carbonyl (C=O) groups excluding carboxylic acids is 21. The van der Waals surface area contributed by atoms with Gasteiger partial charge in [-0.05, 0) is 220 Å². The molecular formula is C98H154N16O27. The van der Waals surface area contributed by atoms with Gasteiger partial charge in [-0.1, -0.05) is 88.4 Å². The molecule has 2 aromatic carbocycles. The number of carbonyl (C=O) groups is 21. The Morgan fingerprint density at radius 2 is 0.645 bits per heavy atom. The van der Waals surface area contributed by atoms with Crippen LogP contribution in [-0.4, -0.2) is 261 Å². The molecular weight excluding hydrogens is 1830 g/mol. The van der Waals surface area contributed by atoms with Crippen LogP contribution in [0, 0.1) is 11.8 Å². The molecule has 0 unspecified atom stereocenters. The summed E-state index contributed by atoms with van der Waals surface area (Å²) in [6.07, 6.45) is -5.46. The van der Waals surface area contributed by atoms with E-state index in [2.05, 4.69) is 69.1 Å². The summed E-state index contributed by atoms with van der Waals surface area (Å²) in [6.45, 7) is 38.5. The molecule has 0 aromatic heterocycles. The summed E-state index contributed by atoms with van der Waals surface area (Å²) in [4.78, 5) is 294. The van der Waals surface area contributed by atoms with Crippen LogP contribution < -0.4 is 80.6 Å². The second-order valence-electron chi connectivity index (χ2n) is 41.9. The Morgan fingerprint density at radius 1 is 0.340 bits per heavy atom. The second kappa shape index (κ2) is 56.1. The SMILES string of the molecule is CC(C)C[C@H](NC(=O)[C@H](CCC(N)=O)NC(=O)[C@H](CC(=O)OC(C)(C)C)NC(=O)[C@H](CCC(=O)OC(C)(C)C)NC(=O)[C@H](C)NC(=O)CNC(=O)[C@@H](N)CC(=O)OC(C)(C)C)C(=O)N[C@@H](C)C(=O)N[C@@H](CCC(=O)OC(C)(C)C)C(=O)N[C@@H](C)C(=O)N[C@@H](Cc1ccccc1)C(=O)N1CCC[C@H]1C(=O)N[C@@H](CC(C)C)C(=O)N[C@@H](CCC(=O)OC(C)(C)C)C(=O)N[C@@H](Cc1ccccc1)C(=O)OC(C)(C)C. The molecule has 14 atom stereocenters. The highest BCUT2D eigenvalue weighted by Gasteiger charge is 2.43. The van der Waals surface area contributed by atoms with Crippen molar-refractivity contribution in [3.8, 4) is 0 Å². The van der Waals surface area contributed by atoms with E-state index in [4.69, 9.17) is 39.9 Å². The van der Waals surface area contributed by atoms with E-state index in [1.165, 1.54) is 46.4 Å². The lowest BCUT2D eigenvalue weighted by Gasteiger charge is -2.31. The fourth-order valence-corrected chi connectivity index (χ4v) is 14.1. The first-order valence-electron chi connectivity index (χ1n) is 47.6. The quantitative estimate of drug-likeness (QED) is 0.0334. The van der Waals surface area contributed by atoms with Crippen LogP contribution in [-0.2, 0) is 142 Å². The van der Waals surface area contributed by atoms with Crippen molar-refractivity contribution in [2.24, 2.45) is 23.3 Å². The minimum atomic E-state index is -2.02. The monoisotopic (exact) mass is 1990 g/mol. The molecule has 141 heavy (non-hydrogen) atoms. The fraction of sp³-hybridized carbons (Fsp3) is 0.663. The number of esters is 6. The minimum Gasteiger partial charge on any atom is -0.460 e. The largest absolute Gasteiger partial charge is 0.460 e. The van der Waals surface area contributed by atoms with Crippen LogP contribution in [0.2, 0.25) is 0 Å². The van der Waals surface area contributed by atoms with Gasteiger partial charge in [0.05, 0.1) is 25.4 Å². The molecule has 0 saturated carbocycles. The summed E-state index contributed by atoms with van der Waals surface area (Å²) in [7, 11) is 0. The lowest BCUT2D eigenvalue weighted by molar-refractivity contribution is -0.159. The van der Waals surface area contributed by atoms with Crippen LogP contribution in [0.1, 0.15) is 274 Å². The Bertz CT molecular complexity index is 4660. The summed E-state index contributed by atoms with van der Waals surface area (Å²) in [5, 5.41) is 32.8. The van der Waals surface area contributed by atoms with E-state index in [1.54, 1.807) is 192 Å². The van der Waals surface area contributed by atoms with Crippen molar-refractivity contribution in [2.75, 3.05) is 13.1 Å². The van der Waals surface area contributed by atoms with E-state index >= 15 is 4.79 Å². The van der Waals surface area contributed by atoms with Gasteiger partial charge in [0.15, 0.2) is 0 Å². The van der Waals surface area contributed by atoms with E-state index < -0.39 is 306 Å². The number of nitrogens with zero attached hydrogens (tertiary/aromatic N) is 1. The number of nitrogens with two attached hydrogens (primary N) is 2. The van der Waals surface area contributed by atoms with Gasteiger partial charge in [-0.2, -0.15) is 0 Å². The molecule has 1 saturated heterocycles. The molecule has 1 aliphatic rings. The first-order valence-corrected chi connectivity index (χ1v) is 47.6. The highest BCUT2D eigenvalue weighted by atomic mass is 16.6. The van der Waals surface area contributed by atoms with Crippen molar-refractivity contribution >= 4 is 124 Å². The van der Waals surface area contributed by atoms with Crippen LogP contribution in [0.25, 0.3) is 0 Å².